The first-order chi connectivity index (χ1) is 16.5. The van der Waals surface area contributed by atoms with Crippen LogP contribution in [0.2, 0.25) is 0 Å². The molecule has 0 bridgehead atoms. The fourth-order valence-electron chi connectivity index (χ4n) is 5.31. The van der Waals surface area contributed by atoms with Gasteiger partial charge in [-0.3, -0.25) is 14.5 Å². The summed E-state index contributed by atoms with van der Waals surface area (Å²) >= 11 is 1.59. The molecule has 3 rings (SSSR count). The second-order valence-electron chi connectivity index (χ2n) is 10.9. The maximum absolute atomic E-state index is 13.1. The van der Waals surface area contributed by atoms with Gasteiger partial charge in [-0.05, 0) is 44.8 Å². The molecule has 196 valence electrons. The number of aromatic nitrogens is 1. The van der Waals surface area contributed by atoms with Crippen LogP contribution in [-0.2, 0) is 14.3 Å². The Kier molecular flexibility index (Phi) is 9.66. The van der Waals surface area contributed by atoms with E-state index in [1.165, 1.54) is 0 Å². The fraction of sp³-hybridized carbons (Fsp3) is 0.741. The lowest BCUT2D eigenvalue weighted by Crippen LogP contribution is -2.36. The number of hydrogen-bond donors (Lipinski definition) is 2. The summed E-state index contributed by atoms with van der Waals surface area (Å²) in [5.74, 6) is -0.787. The molecule has 0 radical (unpaired) electrons. The smallest absolute Gasteiger partial charge is 0.306 e. The van der Waals surface area contributed by atoms with E-state index in [4.69, 9.17) is 4.74 Å². The Balaban J connectivity index is 1.81. The number of aliphatic hydroxyl groups is 2. The SMILES string of the molecule is C/C(=C\c1csc(C)n1)C1CC2C(CCCCC(O)[C@@H](C)C(=O)C(C)(C)CCC(=O)O1)N2CCO. The van der Waals surface area contributed by atoms with E-state index in [2.05, 4.69) is 9.88 Å². The molecule has 6 atom stereocenters. The van der Waals surface area contributed by atoms with E-state index in [0.717, 1.165) is 35.5 Å². The van der Waals surface area contributed by atoms with Crippen LogP contribution in [-0.4, -0.2) is 69.3 Å². The molecule has 2 saturated heterocycles. The number of aryl methyl sites for hydroxylation is 1. The Morgan fingerprint density at radius 2 is 2.00 bits per heavy atom. The molecular weight excluding hydrogens is 464 g/mol. The predicted octanol–water partition coefficient (Wildman–Crippen LogP) is 4.15. The minimum atomic E-state index is -0.714. The van der Waals surface area contributed by atoms with Crippen molar-refractivity contribution in [3.8, 4) is 0 Å². The fourth-order valence-corrected chi connectivity index (χ4v) is 5.88. The summed E-state index contributed by atoms with van der Waals surface area (Å²) in [6, 6.07) is 0.580. The van der Waals surface area contributed by atoms with Gasteiger partial charge in [0.15, 0.2) is 0 Å². The summed E-state index contributed by atoms with van der Waals surface area (Å²) in [6.45, 7) is 10.1. The van der Waals surface area contributed by atoms with Crippen LogP contribution in [0, 0.1) is 18.3 Å². The Hall–Kier alpha value is -1.61. The van der Waals surface area contributed by atoms with Crippen LogP contribution in [0.5, 0.6) is 0 Å². The van der Waals surface area contributed by atoms with Crippen molar-refractivity contribution in [2.75, 3.05) is 13.2 Å². The molecule has 2 aliphatic heterocycles. The first-order valence-corrected chi connectivity index (χ1v) is 13.8. The van der Waals surface area contributed by atoms with Gasteiger partial charge in [0.2, 0.25) is 0 Å². The van der Waals surface area contributed by atoms with Crippen LogP contribution < -0.4 is 0 Å². The topological polar surface area (TPSA) is 99.7 Å². The van der Waals surface area contributed by atoms with Crippen LogP contribution in [0.1, 0.15) is 83.3 Å². The first-order valence-electron chi connectivity index (χ1n) is 12.9. The van der Waals surface area contributed by atoms with Crippen molar-refractivity contribution in [2.45, 2.75) is 104 Å². The minimum Gasteiger partial charge on any atom is -0.458 e. The number of cyclic esters (lactones) is 1. The number of aliphatic hydroxyl groups excluding tert-OH is 2. The number of carbonyl (C=O) groups is 2. The first kappa shape index (κ1) is 28.0. The standard InChI is InChI=1S/C27H42N2O5S/c1-17(14-20-16-35-19(3)28-20)24-15-22-21(29(22)12-13-30)8-6-7-9-23(31)18(2)26(33)27(4,5)11-10-25(32)34-24/h14,16,18,21-24,30-31H,6-13,15H2,1-5H3/b17-14+/t18-,21?,22?,23?,24?,29?/m1/s1. The number of ketones is 1. The maximum Gasteiger partial charge on any atom is 0.306 e. The summed E-state index contributed by atoms with van der Waals surface area (Å²) in [6.07, 6.45) is 5.50. The van der Waals surface area contributed by atoms with Gasteiger partial charge in [-0.2, -0.15) is 0 Å². The van der Waals surface area contributed by atoms with Crippen molar-refractivity contribution >= 4 is 29.2 Å². The van der Waals surface area contributed by atoms with E-state index >= 15 is 0 Å². The summed E-state index contributed by atoms with van der Waals surface area (Å²) in [5.41, 5.74) is 1.10. The minimum absolute atomic E-state index is 0.00667. The number of Topliss-reactive ketones (excluding diaryl/α,β-unsaturated/α-hetero) is 1. The highest BCUT2D eigenvalue weighted by atomic mass is 32.1. The molecule has 35 heavy (non-hydrogen) atoms. The average molecular weight is 507 g/mol. The normalized spacial score (nSPS) is 33.2. The quantitative estimate of drug-likeness (QED) is 0.467. The molecule has 7 nitrogen and oxygen atoms in total. The molecule has 8 heteroatoms. The van der Waals surface area contributed by atoms with Gasteiger partial charge in [-0.15, -0.1) is 11.3 Å². The molecule has 2 N–H and O–H groups in total. The number of fused-ring (bicyclic) bond motifs is 1. The number of esters is 1. The Labute approximate surface area is 213 Å². The third-order valence-corrected chi connectivity index (χ3v) is 8.47. The maximum atomic E-state index is 13.1. The highest BCUT2D eigenvalue weighted by Crippen LogP contribution is 2.38. The molecular formula is C27H42N2O5S. The van der Waals surface area contributed by atoms with Crippen LogP contribution in [0.4, 0.5) is 0 Å². The number of nitrogens with zero attached hydrogens (tertiary/aromatic N) is 2. The number of rotatable bonds is 4. The number of carbonyl (C=O) groups excluding carboxylic acids is 2. The van der Waals surface area contributed by atoms with Crippen LogP contribution in [0.3, 0.4) is 0 Å². The van der Waals surface area contributed by atoms with Crippen molar-refractivity contribution in [1.82, 2.24) is 9.88 Å². The van der Waals surface area contributed by atoms with Crippen molar-refractivity contribution in [2.24, 2.45) is 11.3 Å². The molecule has 0 saturated carbocycles. The van der Waals surface area contributed by atoms with Crippen molar-refractivity contribution in [3.63, 3.8) is 0 Å². The highest BCUT2D eigenvalue weighted by Gasteiger charge is 2.47. The third kappa shape index (κ3) is 7.44. The molecule has 2 fully saturated rings. The van der Waals surface area contributed by atoms with Crippen molar-refractivity contribution in [3.05, 3.63) is 21.7 Å². The second-order valence-corrected chi connectivity index (χ2v) is 11.9. The molecule has 2 aliphatic rings. The Morgan fingerprint density at radius 1 is 1.29 bits per heavy atom. The Morgan fingerprint density at radius 3 is 2.66 bits per heavy atom. The van der Waals surface area contributed by atoms with E-state index in [1.54, 1.807) is 18.3 Å². The van der Waals surface area contributed by atoms with Crippen molar-refractivity contribution in [1.29, 1.82) is 0 Å². The van der Waals surface area contributed by atoms with E-state index in [-0.39, 0.29) is 36.9 Å². The van der Waals surface area contributed by atoms with E-state index in [1.807, 2.05) is 39.2 Å². The zero-order chi connectivity index (χ0) is 25.8. The molecule has 5 unspecified atom stereocenters. The summed E-state index contributed by atoms with van der Waals surface area (Å²) in [5, 5.41) is 23.1. The second kappa shape index (κ2) is 12.1. The zero-order valence-electron chi connectivity index (χ0n) is 21.8. The van der Waals surface area contributed by atoms with E-state index < -0.39 is 17.4 Å². The molecule has 0 aliphatic carbocycles. The Bertz CT molecular complexity index is 911. The zero-order valence-corrected chi connectivity index (χ0v) is 22.6. The van der Waals surface area contributed by atoms with Gasteiger partial charge in [-0.1, -0.05) is 33.6 Å². The monoisotopic (exact) mass is 506 g/mol. The summed E-state index contributed by atoms with van der Waals surface area (Å²) < 4.78 is 6.01. The van der Waals surface area contributed by atoms with Gasteiger partial charge in [0.1, 0.15) is 11.9 Å². The predicted molar refractivity (Wildman–Crippen MR) is 138 cm³/mol. The van der Waals surface area contributed by atoms with E-state index in [9.17, 15) is 19.8 Å². The molecule has 0 amide bonds. The largest absolute Gasteiger partial charge is 0.458 e. The molecule has 1 aromatic rings. The lowest BCUT2D eigenvalue weighted by atomic mass is 9.76. The van der Waals surface area contributed by atoms with Crippen LogP contribution in [0.25, 0.3) is 6.08 Å². The van der Waals surface area contributed by atoms with Crippen LogP contribution in [0.15, 0.2) is 11.0 Å². The number of thiazole rings is 1. The number of ether oxygens (including phenoxy) is 1. The molecule has 0 aromatic carbocycles. The summed E-state index contributed by atoms with van der Waals surface area (Å²) in [7, 11) is 0. The lowest BCUT2D eigenvalue weighted by molar-refractivity contribution is -0.148. The van der Waals surface area contributed by atoms with Gasteiger partial charge in [0.25, 0.3) is 0 Å². The average Bonchev–Trinajstić information content (AvgIpc) is 3.27. The van der Waals surface area contributed by atoms with Crippen molar-refractivity contribution < 1.29 is 24.5 Å². The molecule has 3 heterocycles. The van der Waals surface area contributed by atoms with Gasteiger partial charge < -0.3 is 14.9 Å². The van der Waals surface area contributed by atoms with Gasteiger partial charge in [-0.25, -0.2) is 4.98 Å². The molecule has 0 spiro atoms. The number of β-amino-alcohol motifs (C(OH)–C–C–N with tert-alkyl or cyclic N) is 1. The highest BCUT2D eigenvalue weighted by molar-refractivity contribution is 7.09. The van der Waals surface area contributed by atoms with Gasteiger partial charge in [0.05, 0.1) is 23.4 Å². The van der Waals surface area contributed by atoms with Gasteiger partial charge >= 0.3 is 5.97 Å². The number of hydrogen-bond acceptors (Lipinski definition) is 8. The van der Waals surface area contributed by atoms with Gasteiger partial charge in [0, 0.05) is 48.2 Å². The third-order valence-electron chi connectivity index (χ3n) is 7.68. The molecule has 1 aromatic heterocycles. The summed E-state index contributed by atoms with van der Waals surface area (Å²) in [4.78, 5) is 32.8. The van der Waals surface area contributed by atoms with Crippen LogP contribution >= 0.6 is 11.3 Å². The van der Waals surface area contributed by atoms with E-state index in [0.29, 0.717) is 31.8 Å². The lowest BCUT2D eigenvalue weighted by Gasteiger charge is -2.29.